The van der Waals surface area contributed by atoms with Crippen LogP contribution in [-0.2, 0) is 5.41 Å². The third-order valence-corrected chi connectivity index (χ3v) is 10.8. The molecule has 2 nitrogen and oxygen atoms in total. The molecule has 0 fully saturated rings. The number of hydrogen-bond acceptors (Lipinski definition) is 1. The molecule has 0 N–H and O–H groups in total. The van der Waals surface area contributed by atoms with E-state index in [1.807, 2.05) is 12.3 Å². The minimum Gasteiger partial charge on any atom is -0.309 e. The Morgan fingerprint density at radius 3 is 1.76 bits per heavy atom. The minimum atomic E-state index is -0.124. The smallest absolute Gasteiger partial charge is 0.0702 e. The van der Waals surface area contributed by atoms with E-state index in [0.717, 1.165) is 16.5 Å². The topological polar surface area (TPSA) is 17.8 Å². The molecule has 2 heteroatoms. The Bertz CT molecular complexity index is 2770. The lowest BCUT2D eigenvalue weighted by Crippen LogP contribution is -2.15. The molecule has 0 unspecified atom stereocenters. The fourth-order valence-electron chi connectivity index (χ4n) is 8.19. The predicted octanol–water partition coefficient (Wildman–Crippen LogP) is 12.6. The molecule has 1 aliphatic carbocycles. The van der Waals surface area contributed by atoms with Crippen LogP contribution in [0.15, 0.2) is 170 Å². The summed E-state index contributed by atoms with van der Waals surface area (Å²) in [5.74, 6) is 0. The highest BCUT2D eigenvalue weighted by molar-refractivity contribution is 6.10. The van der Waals surface area contributed by atoms with E-state index >= 15 is 0 Å². The van der Waals surface area contributed by atoms with Crippen LogP contribution in [0.4, 0.5) is 0 Å². The SMILES string of the molecule is CC1(C)c2cc(-c3ccc(-c4cnc5ccccc5c4)cc3)ccc2-c2ccc(-c3ccc4c(c3)c3ccccc3n4-c3ccccc3)cc21. The van der Waals surface area contributed by atoms with Gasteiger partial charge in [0.2, 0.25) is 0 Å². The van der Waals surface area contributed by atoms with Crippen LogP contribution < -0.4 is 0 Å². The van der Waals surface area contributed by atoms with Crippen LogP contribution in [0.1, 0.15) is 25.0 Å². The van der Waals surface area contributed by atoms with E-state index in [1.165, 1.54) is 77.6 Å². The fourth-order valence-corrected chi connectivity index (χ4v) is 8.19. The Balaban J connectivity index is 1.000. The third-order valence-electron chi connectivity index (χ3n) is 10.8. The van der Waals surface area contributed by atoms with Gasteiger partial charge in [0.1, 0.15) is 0 Å². The third kappa shape index (κ3) is 4.38. The first-order valence-electron chi connectivity index (χ1n) is 17.4. The molecule has 1 aliphatic rings. The van der Waals surface area contributed by atoms with Gasteiger partial charge in [0.15, 0.2) is 0 Å². The summed E-state index contributed by atoms with van der Waals surface area (Å²) in [6.45, 7) is 4.75. The van der Waals surface area contributed by atoms with E-state index in [-0.39, 0.29) is 5.41 Å². The molecule has 0 spiro atoms. The Labute approximate surface area is 291 Å². The van der Waals surface area contributed by atoms with Gasteiger partial charge in [-0.1, -0.05) is 123 Å². The molecule has 2 aromatic heterocycles. The van der Waals surface area contributed by atoms with Crippen molar-refractivity contribution in [1.82, 2.24) is 9.55 Å². The lowest BCUT2D eigenvalue weighted by Gasteiger charge is -2.22. The summed E-state index contributed by atoms with van der Waals surface area (Å²) < 4.78 is 2.38. The summed E-state index contributed by atoms with van der Waals surface area (Å²) in [6.07, 6.45) is 1.97. The fraction of sp³-hybridized carbons (Fsp3) is 0.0625. The zero-order valence-electron chi connectivity index (χ0n) is 28.1. The molecule has 0 amide bonds. The van der Waals surface area contributed by atoms with Gasteiger partial charge >= 0.3 is 0 Å². The minimum absolute atomic E-state index is 0.124. The van der Waals surface area contributed by atoms with Crippen LogP contribution >= 0.6 is 0 Å². The van der Waals surface area contributed by atoms with Crippen molar-refractivity contribution in [2.45, 2.75) is 19.3 Å². The number of nitrogens with zero attached hydrogens (tertiary/aromatic N) is 2. The van der Waals surface area contributed by atoms with Crippen molar-refractivity contribution in [1.29, 1.82) is 0 Å². The largest absolute Gasteiger partial charge is 0.309 e. The second-order valence-corrected chi connectivity index (χ2v) is 14.1. The number of aromatic nitrogens is 2. The predicted molar refractivity (Wildman–Crippen MR) is 210 cm³/mol. The van der Waals surface area contributed by atoms with E-state index in [0.29, 0.717) is 0 Å². The molecule has 0 saturated heterocycles. The van der Waals surface area contributed by atoms with Crippen LogP contribution in [0, 0.1) is 0 Å². The highest BCUT2D eigenvalue weighted by Crippen LogP contribution is 2.51. The first kappa shape index (κ1) is 28.7. The van der Waals surface area contributed by atoms with Gasteiger partial charge in [-0.05, 0) is 105 Å². The monoisotopic (exact) mass is 638 g/mol. The summed E-state index contributed by atoms with van der Waals surface area (Å²) in [5, 5.41) is 3.71. The van der Waals surface area contributed by atoms with Crippen LogP contribution in [0.5, 0.6) is 0 Å². The first-order chi connectivity index (χ1) is 24.5. The van der Waals surface area contributed by atoms with Gasteiger partial charge in [-0.3, -0.25) is 4.98 Å². The van der Waals surface area contributed by atoms with Crippen LogP contribution in [0.3, 0.4) is 0 Å². The molecule has 7 aromatic carbocycles. The average Bonchev–Trinajstić information content (AvgIpc) is 3.62. The number of fused-ring (bicyclic) bond motifs is 7. The lowest BCUT2D eigenvalue weighted by atomic mass is 9.80. The number of rotatable bonds is 4. The van der Waals surface area contributed by atoms with Crippen LogP contribution in [0.2, 0.25) is 0 Å². The van der Waals surface area contributed by atoms with E-state index in [4.69, 9.17) is 0 Å². The van der Waals surface area contributed by atoms with Gasteiger partial charge in [-0.15, -0.1) is 0 Å². The van der Waals surface area contributed by atoms with Gasteiger partial charge < -0.3 is 4.57 Å². The highest BCUT2D eigenvalue weighted by Gasteiger charge is 2.36. The molecular weight excluding hydrogens is 605 g/mol. The Morgan fingerprint density at radius 1 is 0.440 bits per heavy atom. The number of benzene rings is 7. The van der Waals surface area contributed by atoms with Crippen molar-refractivity contribution >= 4 is 32.7 Å². The number of hydrogen-bond donors (Lipinski definition) is 0. The molecule has 2 heterocycles. The maximum atomic E-state index is 4.68. The van der Waals surface area contributed by atoms with Gasteiger partial charge in [0.25, 0.3) is 0 Å². The summed E-state index contributed by atoms with van der Waals surface area (Å²) >= 11 is 0. The summed E-state index contributed by atoms with van der Waals surface area (Å²) in [5.41, 5.74) is 17.2. The molecule has 0 radical (unpaired) electrons. The van der Waals surface area contributed by atoms with E-state index in [1.54, 1.807) is 0 Å². The van der Waals surface area contributed by atoms with Gasteiger partial charge in [-0.25, -0.2) is 0 Å². The number of para-hydroxylation sites is 3. The molecular formula is C48H34N2. The van der Waals surface area contributed by atoms with Crippen molar-refractivity contribution in [2.24, 2.45) is 0 Å². The van der Waals surface area contributed by atoms with Crippen molar-refractivity contribution in [3.8, 4) is 50.2 Å². The summed E-state index contributed by atoms with van der Waals surface area (Å²) in [7, 11) is 0. The zero-order valence-corrected chi connectivity index (χ0v) is 28.1. The van der Waals surface area contributed by atoms with Crippen LogP contribution in [-0.4, -0.2) is 9.55 Å². The normalized spacial score (nSPS) is 13.2. The zero-order chi connectivity index (χ0) is 33.4. The standard InChI is InChI=1S/C48H34N2/c1-48(2)43-28-34(31-16-18-32(19-17-31)37-26-36-10-6-8-14-45(36)49-30-37)20-23-39(43)40-24-21-35(29-44(40)48)33-22-25-47-42(27-33)41-13-7-9-15-46(41)50(47)38-11-4-3-5-12-38/h3-30H,1-2H3. The van der Waals surface area contributed by atoms with Crippen LogP contribution in [0.25, 0.3) is 82.9 Å². The first-order valence-corrected chi connectivity index (χ1v) is 17.4. The molecule has 10 rings (SSSR count). The maximum Gasteiger partial charge on any atom is 0.0702 e. The Kier molecular flexibility index (Phi) is 6.25. The quantitative estimate of drug-likeness (QED) is 0.188. The van der Waals surface area contributed by atoms with E-state index < -0.39 is 0 Å². The maximum absolute atomic E-state index is 4.68. The van der Waals surface area contributed by atoms with E-state index in [9.17, 15) is 0 Å². The van der Waals surface area contributed by atoms with Gasteiger partial charge in [0, 0.05) is 39.0 Å². The second kappa shape index (κ2) is 10.9. The summed E-state index contributed by atoms with van der Waals surface area (Å²) in [4.78, 5) is 4.68. The molecule has 236 valence electrons. The molecule has 0 aliphatic heterocycles. The lowest BCUT2D eigenvalue weighted by molar-refractivity contribution is 0.661. The van der Waals surface area contributed by atoms with Crippen molar-refractivity contribution in [3.05, 3.63) is 181 Å². The molecule has 0 atom stereocenters. The molecule has 50 heavy (non-hydrogen) atoms. The molecule has 0 bridgehead atoms. The summed E-state index contributed by atoms with van der Waals surface area (Å²) in [6, 6.07) is 59.9. The van der Waals surface area contributed by atoms with Gasteiger partial charge in [-0.2, -0.15) is 0 Å². The average molecular weight is 639 g/mol. The van der Waals surface area contributed by atoms with Crippen molar-refractivity contribution in [2.75, 3.05) is 0 Å². The molecule has 0 saturated carbocycles. The Hall–Kier alpha value is -6.25. The molecule has 9 aromatic rings. The second-order valence-electron chi connectivity index (χ2n) is 14.1. The van der Waals surface area contributed by atoms with Crippen molar-refractivity contribution in [3.63, 3.8) is 0 Å². The number of pyridine rings is 1. The highest BCUT2D eigenvalue weighted by atomic mass is 15.0. The van der Waals surface area contributed by atoms with Crippen molar-refractivity contribution < 1.29 is 0 Å². The van der Waals surface area contributed by atoms with Gasteiger partial charge in [0.05, 0.1) is 16.6 Å². The van der Waals surface area contributed by atoms with E-state index in [2.05, 4.69) is 181 Å². The Morgan fingerprint density at radius 2 is 1.00 bits per heavy atom.